The Labute approximate surface area is 91.4 Å². The van der Waals surface area contributed by atoms with Crippen LogP contribution in [0.5, 0.6) is 0 Å². The maximum atomic E-state index is 5.46. The fourth-order valence-corrected chi connectivity index (χ4v) is 2.15. The van der Waals surface area contributed by atoms with Crippen LogP contribution in [-0.4, -0.2) is 31.1 Å². The highest BCUT2D eigenvalue weighted by molar-refractivity contribution is 5.03. The summed E-state index contributed by atoms with van der Waals surface area (Å²) in [4.78, 5) is 2.51. The molecule has 1 fully saturated rings. The molecule has 2 rings (SSSR count). The van der Waals surface area contributed by atoms with Crippen molar-refractivity contribution < 1.29 is 4.42 Å². The average molecular weight is 208 g/mol. The predicted octanol–water partition coefficient (Wildman–Crippen LogP) is 2.03. The zero-order chi connectivity index (χ0) is 10.5. The second-order valence-electron chi connectivity index (χ2n) is 4.18. The van der Waals surface area contributed by atoms with Crippen molar-refractivity contribution in [3.63, 3.8) is 0 Å². The van der Waals surface area contributed by atoms with Crippen LogP contribution in [0.1, 0.15) is 31.6 Å². The van der Waals surface area contributed by atoms with E-state index < -0.39 is 0 Å². The summed E-state index contributed by atoms with van der Waals surface area (Å²) in [5.41, 5.74) is 0. The first kappa shape index (κ1) is 10.7. The van der Waals surface area contributed by atoms with Crippen molar-refractivity contribution in [2.75, 3.05) is 26.2 Å². The van der Waals surface area contributed by atoms with Crippen molar-refractivity contribution in [3.8, 4) is 0 Å². The van der Waals surface area contributed by atoms with E-state index in [1.54, 1.807) is 6.26 Å². The van der Waals surface area contributed by atoms with Gasteiger partial charge in [-0.2, -0.15) is 0 Å². The Kier molecular flexibility index (Phi) is 3.80. The number of hydrogen-bond acceptors (Lipinski definition) is 3. The third-order valence-electron chi connectivity index (χ3n) is 3.10. The van der Waals surface area contributed by atoms with Crippen molar-refractivity contribution in [1.29, 1.82) is 0 Å². The molecule has 1 saturated heterocycles. The summed E-state index contributed by atoms with van der Waals surface area (Å²) in [6.07, 6.45) is 4.22. The Balaban J connectivity index is 1.95. The molecule has 0 spiro atoms. The Morgan fingerprint density at radius 1 is 1.33 bits per heavy atom. The molecule has 15 heavy (non-hydrogen) atoms. The average Bonchev–Trinajstić information content (AvgIpc) is 2.68. The first-order valence-electron chi connectivity index (χ1n) is 5.86. The van der Waals surface area contributed by atoms with Crippen LogP contribution < -0.4 is 5.32 Å². The van der Waals surface area contributed by atoms with Gasteiger partial charge in [0.15, 0.2) is 0 Å². The normalized spacial score (nSPS) is 21.9. The van der Waals surface area contributed by atoms with Gasteiger partial charge in [-0.1, -0.05) is 0 Å². The van der Waals surface area contributed by atoms with Gasteiger partial charge in [-0.3, -0.25) is 4.90 Å². The molecule has 0 aliphatic carbocycles. The van der Waals surface area contributed by atoms with Crippen LogP contribution in [0.4, 0.5) is 0 Å². The number of nitrogens with one attached hydrogen (secondary N) is 1. The Bertz CT molecular complexity index is 263. The molecule has 0 bridgehead atoms. The molecule has 1 atom stereocenters. The summed E-state index contributed by atoms with van der Waals surface area (Å²) in [5, 5.41) is 3.43. The first-order valence-corrected chi connectivity index (χ1v) is 5.86. The summed E-state index contributed by atoms with van der Waals surface area (Å²) < 4.78 is 5.46. The molecule has 0 aromatic carbocycles. The van der Waals surface area contributed by atoms with Crippen molar-refractivity contribution in [3.05, 3.63) is 24.2 Å². The van der Waals surface area contributed by atoms with Crippen molar-refractivity contribution in [2.45, 2.75) is 25.8 Å². The zero-order valence-electron chi connectivity index (χ0n) is 9.41. The van der Waals surface area contributed by atoms with Crippen molar-refractivity contribution in [1.82, 2.24) is 10.2 Å². The van der Waals surface area contributed by atoms with E-state index in [0.717, 1.165) is 31.9 Å². The van der Waals surface area contributed by atoms with Crippen LogP contribution in [0.3, 0.4) is 0 Å². The fraction of sp³-hybridized carbons (Fsp3) is 0.667. The van der Waals surface area contributed by atoms with Gasteiger partial charge in [0, 0.05) is 13.1 Å². The van der Waals surface area contributed by atoms with E-state index in [9.17, 15) is 0 Å². The highest BCUT2D eigenvalue weighted by Crippen LogP contribution is 2.21. The first-order chi connectivity index (χ1) is 7.38. The molecule has 84 valence electrons. The lowest BCUT2D eigenvalue weighted by Crippen LogP contribution is -2.35. The van der Waals surface area contributed by atoms with E-state index in [2.05, 4.69) is 23.2 Å². The van der Waals surface area contributed by atoms with Gasteiger partial charge in [0.1, 0.15) is 5.76 Å². The van der Waals surface area contributed by atoms with Gasteiger partial charge in [0.25, 0.3) is 0 Å². The lowest BCUT2D eigenvalue weighted by molar-refractivity contribution is 0.175. The molecular weight excluding hydrogens is 188 g/mol. The van der Waals surface area contributed by atoms with Gasteiger partial charge >= 0.3 is 0 Å². The van der Waals surface area contributed by atoms with E-state index in [0.29, 0.717) is 6.04 Å². The Morgan fingerprint density at radius 2 is 2.07 bits per heavy atom. The lowest BCUT2D eigenvalue weighted by Gasteiger charge is -2.29. The molecule has 1 N–H and O–H groups in total. The number of hydrogen-bond donors (Lipinski definition) is 1. The largest absolute Gasteiger partial charge is 0.468 e. The van der Waals surface area contributed by atoms with Crippen LogP contribution in [0, 0.1) is 0 Å². The molecule has 1 aliphatic rings. The topological polar surface area (TPSA) is 28.4 Å². The monoisotopic (exact) mass is 208 g/mol. The van der Waals surface area contributed by atoms with Crippen LogP contribution in [-0.2, 0) is 0 Å². The van der Waals surface area contributed by atoms with E-state index in [1.165, 1.54) is 12.8 Å². The highest BCUT2D eigenvalue weighted by atomic mass is 16.3. The molecule has 0 saturated carbocycles. The molecule has 1 aliphatic heterocycles. The third-order valence-corrected chi connectivity index (χ3v) is 3.10. The maximum Gasteiger partial charge on any atom is 0.120 e. The Hall–Kier alpha value is -0.800. The van der Waals surface area contributed by atoms with Gasteiger partial charge in [0.2, 0.25) is 0 Å². The standard InChI is InChI=1S/C12H20N2O/c1-11(12-5-2-10-15-12)14-8-3-6-13-7-4-9-14/h2,5,10-11,13H,3-4,6-9H2,1H3. The van der Waals surface area contributed by atoms with Gasteiger partial charge in [-0.25, -0.2) is 0 Å². The minimum absolute atomic E-state index is 0.415. The second kappa shape index (κ2) is 5.33. The van der Waals surface area contributed by atoms with E-state index in [-0.39, 0.29) is 0 Å². The summed E-state index contributed by atoms with van der Waals surface area (Å²) >= 11 is 0. The molecule has 1 aromatic heterocycles. The molecule has 1 aromatic rings. The van der Waals surface area contributed by atoms with Crippen molar-refractivity contribution in [2.24, 2.45) is 0 Å². The molecule has 0 amide bonds. The SMILES string of the molecule is CC(c1ccco1)N1CCCNCCC1. The summed E-state index contributed by atoms with van der Waals surface area (Å²) in [6.45, 7) is 6.83. The van der Waals surface area contributed by atoms with Gasteiger partial charge < -0.3 is 9.73 Å². The quantitative estimate of drug-likeness (QED) is 0.806. The van der Waals surface area contributed by atoms with Gasteiger partial charge in [0.05, 0.1) is 12.3 Å². The summed E-state index contributed by atoms with van der Waals surface area (Å²) in [6, 6.07) is 4.46. The number of rotatable bonds is 2. The van der Waals surface area contributed by atoms with E-state index in [4.69, 9.17) is 4.42 Å². The Morgan fingerprint density at radius 3 is 2.67 bits per heavy atom. The fourth-order valence-electron chi connectivity index (χ4n) is 2.15. The predicted molar refractivity (Wildman–Crippen MR) is 60.8 cm³/mol. The van der Waals surface area contributed by atoms with Crippen LogP contribution in [0.25, 0.3) is 0 Å². The minimum atomic E-state index is 0.415. The van der Waals surface area contributed by atoms with Crippen molar-refractivity contribution >= 4 is 0 Å². The maximum absolute atomic E-state index is 5.46. The number of furan rings is 1. The molecular formula is C12H20N2O. The van der Waals surface area contributed by atoms with Gasteiger partial charge in [-0.05, 0) is 45.0 Å². The summed E-state index contributed by atoms with van der Waals surface area (Å²) in [5.74, 6) is 1.09. The van der Waals surface area contributed by atoms with Crippen LogP contribution in [0.15, 0.2) is 22.8 Å². The van der Waals surface area contributed by atoms with E-state index in [1.807, 2.05) is 6.07 Å². The lowest BCUT2D eigenvalue weighted by atomic mass is 10.1. The highest BCUT2D eigenvalue weighted by Gasteiger charge is 2.17. The van der Waals surface area contributed by atoms with E-state index >= 15 is 0 Å². The second-order valence-corrected chi connectivity index (χ2v) is 4.18. The number of nitrogens with zero attached hydrogens (tertiary/aromatic N) is 1. The molecule has 3 nitrogen and oxygen atoms in total. The molecule has 3 heteroatoms. The third kappa shape index (κ3) is 2.83. The van der Waals surface area contributed by atoms with Gasteiger partial charge in [-0.15, -0.1) is 0 Å². The smallest absolute Gasteiger partial charge is 0.120 e. The van der Waals surface area contributed by atoms with Crippen LogP contribution >= 0.6 is 0 Å². The summed E-state index contributed by atoms with van der Waals surface area (Å²) in [7, 11) is 0. The van der Waals surface area contributed by atoms with Crippen LogP contribution in [0.2, 0.25) is 0 Å². The minimum Gasteiger partial charge on any atom is -0.468 e. The molecule has 1 unspecified atom stereocenters. The molecule has 2 heterocycles. The molecule has 0 radical (unpaired) electrons. The zero-order valence-corrected chi connectivity index (χ0v) is 9.41.